The smallest absolute Gasteiger partial charge is 0.234 e. The molecular weight excluding hydrogens is 238 g/mol. The Kier molecular flexibility index (Phi) is 5.99. The summed E-state index contributed by atoms with van der Waals surface area (Å²) < 4.78 is 0. The molecule has 0 radical (unpaired) electrons. The van der Waals surface area contributed by atoms with Crippen molar-refractivity contribution < 1.29 is 4.79 Å². The van der Waals surface area contributed by atoms with Gasteiger partial charge in [0, 0.05) is 18.6 Å². The number of carbonyl (C=O) groups excluding carboxylic acids is 1. The van der Waals surface area contributed by atoms with Crippen molar-refractivity contribution in [3.63, 3.8) is 0 Å². The summed E-state index contributed by atoms with van der Waals surface area (Å²) in [6.45, 7) is 6.84. The number of nitrogens with zero attached hydrogens (tertiary/aromatic N) is 1. The van der Waals surface area contributed by atoms with Gasteiger partial charge in [-0.15, -0.1) is 0 Å². The lowest BCUT2D eigenvalue weighted by Gasteiger charge is -2.28. The molecule has 4 heteroatoms. The van der Waals surface area contributed by atoms with Gasteiger partial charge in [0.05, 0.1) is 6.54 Å². The van der Waals surface area contributed by atoms with Gasteiger partial charge in [0.15, 0.2) is 0 Å². The van der Waals surface area contributed by atoms with Crippen LogP contribution >= 0.6 is 0 Å². The number of hydrogen-bond acceptors (Lipinski definition) is 3. The highest BCUT2D eigenvalue weighted by molar-refractivity contribution is 5.78. The van der Waals surface area contributed by atoms with Crippen LogP contribution in [0.4, 0.5) is 0 Å². The lowest BCUT2D eigenvalue weighted by atomic mass is 10.0. The number of hydrogen-bond donors (Lipinski definition) is 2. The van der Waals surface area contributed by atoms with E-state index in [9.17, 15) is 4.79 Å². The molecule has 4 nitrogen and oxygen atoms in total. The summed E-state index contributed by atoms with van der Waals surface area (Å²) in [5, 5.41) is 2.90. The van der Waals surface area contributed by atoms with Crippen molar-refractivity contribution in [1.82, 2.24) is 10.2 Å². The summed E-state index contributed by atoms with van der Waals surface area (Å²) in [6, 6.07) is 8.39. The van der Waals surface area contributed by atoms with Gasteiger partial charge in [-0.2, -0.15) is 0 Å². The molecule has 19 heavy (non-hydrogen) atoms. The van der Waals surface area contributed by atoms with E-state index in [2.05, 4.69) is 24.4 Å². The first-order chi connectivity index (χ1) is 8.95. The van der Waals surface area contributed by atoms with E-state index in [0.29, 0.717) is 13.1 Å². The third-order valence-corrected chi connectivity index (χ3v) is 3.15. The SMILES string of the molecule is Cc1ccccc1C(CN)N(C)CC(=O)NC(C)C. The molecule has 1 atom stereocenters. The van der Waals surface area contributed by atoms with Crippen molar-refractivity contribution in [2.75, 3.05) is 20.1 Å². The molecule has 1 aromatic carbocycles. The van der Waals surface area contributed by atoms with Crippen molar-refractivity contribution >= 4 is 5.91 Å². The van der Waals surface area contributed by atoms with Gasteiger partial charge >= 0.3 is 0 Å². The van der Waals surface area contributed by atoms with E-state index in [1.807, 2.05) is 37.9 Å². The zero-order valence-corrected chi connectivity index (χ0v) is 12.3. The molecule has 0 bridgehead atoms. The number of amides is 1. The number of benzene rings is 1. The van der Waals surface area contributed by atoms with Gasteiger partial charge < -0.3 is 11.1 Å². The number of likely N-dealkylation sites (N-methyl/N-ethyl adjacent to an activating group) is 1. The van der Waals surface area contributed by atoms with E-state index in [1.54, 1.807) is 0 Å². The fourth-order valence-corrected chi connectivity index (χ4v) is 2.21. The number of nitrogens with one attached hydrogen (secondary N) is 1. The first-order valence-electron chi connectivity index (χ1n) is 6.71. The molecule has 0 saturated carbocycles. The quantitative estimate of drug-likeness (QED) is 0.817. The van der Waals surface area contributed by atoms with Gasteiger partial charge in [0.2, 0.25) is 5.91 Å². The second kappa shape index (κ2) is 7.26. The Morgan fingerprint density at radius 3 is 2.53 bits per heavy atom. The summed E-state index contributed by atoms with van der Waals surface area (Å²) >= 11 is 0. The molecule has 0 spiro atoms. The molecule has 106 valence electrons. The van der Waals surface area contributed by atoms with Crippen LogP contribution in [0.25, 0.3) is 0 Å². The average molecular weight is 263 g/mol. The van der Waals surface area contributed by atoms with Crippen LogP contribution in [-0.4, -0.2) is 37.0 Å². The van der Waals surface area contributed by atoms with Crippen LogP contribution in [-0.2, 0) is 4.79 Å². The first kappa shape index (κ1) is 15.7. The fourth-order valence-electron chi connectivity index (χ4n) is 2.21. The number of aryl methyl sites for hydroxylation is 1. The van der Waals surface area contributed by atoms with Gasteiger partial charge in [-0.3, -0.25) is 9.69 Å². The average Bonchev–Trinajstić information content (AvgIpc) is 2.31. The minimum atomic E-state index is 0.0320. The molecule has 0 aromatic heterocycles. The van der Waals surface area contributed by atoms with E-state index in [0.717, 1.165) is 0 Å². The van der Waals surface area contributed by atoms with Crippen LogP contribution in [0.3, 0.4) is 0 Å². The summed E-state index contributed by atoms with van der Waals surface area (Å²) in [7, 11) is 1.93. The zero-order chi connectivity index (χ0) is 14.4. The third-order valence-electron chi connectivity index (χ3n) is 3.15. The molecule has 0 saturated heterocycles. The minimum absolute atomic E-state index is 0.0320. The number of nitrogens with two attached hydrogens (primary N) is 1. The zero-order valence-electron chi connectivity index (χ0n) is 12.3. The van der Waals surface area contributed by atoms with Crippen LogP contribution in [0.5, 0.6) is 0 Å². The highest BCUT2D eigenvalue weighted by Crippen LogP contribution is 2.21. The highest BCUT2D eigenvalue weighted by atomic mass is 16.2. The molecule has 0 fully saturated rings. The summed E-state index contributed by atoms with van der Waals surface area (Å²) in [5.74, 6) is 0.0320. The van der Waals surface area contributed by atoms with Gasteiger partial charge in [-0.05, 0) is 38.9 Å². The van der Waals surface area contributed by atoms with Crippen molar-refractivity contribution in [1.29, 1.82) is 0 Å². The molecule has 0 heterocycles. The second-order valence-corrected chi connectivity index (χ2v) is 5.25. The summed E-state index contributed by atoms with van der Waals surface area (Å²) in [4.78, 5) is 13.8. The largest absolute Gasteiger partial charge is 0.353 e. The Balaban J connectivity index is 2.75. The predicted molar refractivity (Wildman–Crippen MR) is 78.9 cm³/mol. The molecule has 1 amide bonds. The van der Waals surface area contributed by atoms with Gasteiger partial charge in [-0.25, -0.2) is 0 Å². The standard InChI is InChI=1S/C15H25N3O/c1-11(2)17-15(19)10-18(4)14(9-16)13-8-6-5-7-12(13)3/h5-8,11,14H,9-10,16H2,1-4H3,(H,17,19). The maximum atomic E-state index is 11.8. The van der Waals surface area contributed by atoms with Crippen LogP contribution in [0.15, 0.2) is 24.3 Å². The Labute approximate surface area is 116 Å². The summed E-state index contributed by atoms with van der Waals surface area (Å²) in [6.07, 6.45) is 0. The molecule has 0 aliphatic heterocycles. The van der Waals surface area contributed by atoms with Gasteiger partial charge in [-0.1, -0.05) is 24.3 Å². The first-order valence-corrected chi connectivity index (χ1v) is 6.71. The molecule has 1 unspecified atom stereocenters. The Morgan fingerprint density at radius 2 is 2.00 bits per heavy atom. The molecular formula is C15H25N3O. The number of rotatable bonds is 6. The Bertz CT molecular complexity index is 418. The van der Waals surface area contributed by atoms with E-state index >= 15 is 0 Å². The van der Waals surface area contributed by atoms with Crippen LogP contribution in [0, 0.1) is 6.92 Å². The monoisotopic (exact) mass is 263 g/mol. The molecule has 1 aromatic rings. The second-order valence-electron chi connectivity index (χ2n) is 5.25. The molecule has 1 rings (SSSR count). The number of carbonyl (C=O) groups is 1. The van der Waals surface area contributed by atoms with Crippen molar-refractivity contribution in [2.45, 2.75) is 32.9 Å². The van der Waals surface area contributed by atoms with E-state index < -0.39 is 0 Å². The Hall–Kier alpha value is -1.39. The van der Waals surface area contributed by atoms with E-state index in [4.69, 9.17) is 5.73 Å². The lowest BCUT2D eigenvalue weighted by Crippen LogP contribution is -2.41. The Morgan fingerprint density at radius 1 is 1.37 bits per heavy atom. The third kappa shape index (κ3) is 4.65. The fraction of sp³-hybridized carbons (Fsp3) is 0.533. The lowest BCUT2D eigenvalue weighted by molar-refractivity contribution is -0.122. The van der Waals surface area contributed by atoms with Crippen molar-refractivity contribution in [3.05, 3.63) is 35.4 Å². The normalized spacial score (nSPS) is 12.8. The van der Waals surface area contributed by atoms with Crippen LogP contribution < -0.4 is 11.1 Å². The van der Waals surface area contributed by atoms with Gasteiger partial charge in [0.1, 0.15) is 0 Å². The molecule has 0 aliphatic carbocycles. The highest BCUT2D eigenvalue weighted by Gasteiger charge is 2.19. The minimum Gasteiger partial charge on any atom is -0.353 e. The molecule has 3 N–H and O–H groups in total. The van der Waals surface area contributed by atoms with E-state index in [-0.39, 0.29) is 18.0 Å². The molecule has 0 aliphatic rings. The van der Waals surface area contributed by atoms with Crippen LogP contribution in [0.1, 0.15) is 31.0 Å². The maximum absolute atomic E-state index is 11.8. The van der Waals surface area contributed by atoms with Crippen LogP contribution in [0.2, 0.25) is 0 Å². The summed E-state index contributed by atoms with van der Waals surface area (Å²) in [5.41, 5.74) is 8.27. The van der Waals surface area contributed by atoms with E-state index in [1.165, 1.54) is 11.1 Å². The van der Waals surface area contributed by atoms with Crippen molar-refractivity contribution in [3.8, 4) is 0 Å². The topological polar surface area (TPSA) is 58.4 Å². The maximum Gasteiger partial charge on any atom is 0.234 e. The van der Waals surface area contributed by atoms with Crippen molar-refractivity contribution in [2.24, 2.45) is 5.73 Å². The van der Waals surface area contributed by atoms with Gasteiger partial charge in [0.25, 0.3) is 0 Å². The predicted octanol–water partition coefficient (Wildman–Crippen LogP) is 1.45.